The standard InChI is InChI=1S/C14H26BrN3S/c1-7-16-11(9-19-14(3,4)5)8-12-13(15)10(2)17-18(12)6/h11,16H,7-9H2,1-6H3. The fourth-order valence-electron chi connectivity index (χ4n) is 1.96. The van der Waals surface area contributed by atoms with Gasteiger partial charge in [-0.1, -0.05) is 27.7 Å². The van der Waals surface area contributed by atoms with Crippen molar-refractivity contribution in [3.05, 3.63) is 15.9 Å². The van der Waals surface area contributed by atoms with Crippen LogP contribution in [0.3, 0.4) is 0 Å². The summed E-state index contributed by atoms with van der Waals surface area (Å²) in [5, 5.41) is 8.05. The molecule has 0 aliphatic heterocycles. The molecule has 0 saturated heterocycles. The van der Waals surface area contributed by atoms with E-state index >= 15 is 0 Å². The minimum absolute atomic E-state index is 0.313. The van der Waals surface area contributed by atoms with Crippen molar-refractivity contribution >= 4 is 27.7 Å². The second-order valence-corrected chi connectivity index (χ2v) is 8.49. The molecule has 1 N–H and O–H groups in total. The van der Waals surface area contributed by atoms with Gasteiger partial charge in [-0.2, -0.15) is 16.9 Å². The summed E-state index contributed by atoms with van der Waals surface area (Å²) in [6.07, 6.45) is 1.01. The van der Waals surface area contributed by atoms with Gasteiger partial charge in [0.2, 0.25) is 0 Å². The Kier molecular flexibility index (Phi) is 6.40. The van der Waals surface area contributed by atoms with Gasteiger partial charge in [0, 0.05) is 30.0 Å². The van der Waals surface area contributed by atoms with E-state index in [2.05, 4.69) is 54.0 Å². The number of hydrogen-bond donors (Lipinski definition) is 1. The number of rotatable bonds is 6. The van der Waals surface area contributed by atoms with Gasteiger partial charge in [0.25, 0.3) is 0 Å². The average molecular weight is 348 g/mol. The lowest BCUT2D eigenvalue weighted by Crippen LogP contribution is -2.35. The topological polar surface area (TPSA) is 29.9 Å². The van der Waals surface area contributed by atoms with Crippen LogP contribution in [0.1, 0.15) is 39.1 Å². The maximum atomic E-state index is 4.47. The third-order valence-electron chi connectivity index (χ3n) is 2.91. The average Bonchev–Trinajstić information content (AvgIpc) is 2.52. The van der Waals surface area contributed by atoms with Crippen LogP contribution in [0.25, 0.3) is 0 Å². The van der Waals surface area contributed by atoms with Crippen molar-refractivity contribution in [2.75, 3.05) is 12.3 Å². The Morgan fingerprint density at radius 2 is 2.05 bits per heavy atom. The number of likely N-dealkylation sites (N-methyl/N-ethyl adjacent to an activating group) is 1. The summed E-state index contributed by atoms with van der Waals surface area (Å²) in [6.45, 7) is 12.0. The van der Waals surface area contributed by atoms with E-state index in [1.165, 1.54) is 5.69 Å². The molecule has 110 valence electrons. The van der Waals surface area contributed by atoms with Crippen LogP contribution >= 0.6 is 27.7 Å². The summed E-state index contributed by atoms with van der Waals surface area (Å²) in [5.74, 6) is 1.12. The molecule has 0 radical (unpaired) electrons. The number of halogens is 1. The SMILES string of the molecule is CCNC(CSC(C)(C)C)Cc1c(Br)c(C)nn1C. The second kappa shape index (κ2) is 7.14. The highest BCUT2D eigenvalue weighted by Gasteiger charge is 2.19. The van der Waals surface area contributed by atoms with E-state index in [0.29, 0.717) is 10.8 Å². The van der Waals surface area contributed by atoms with E-state index in [4.69, 9.17) is 0 Å². The number of aromatic nitrogens is 2. The van der Waals surface area contributed by atoms with Gasteiger partial charge in [-0.25, -0.2) is 0 Å². The minimum atomic E-state index is 0.313. The van der Waals surface area contributed by atoms with Gasteiger partial charge in [-0.05, 0) is 29.4 Å². The molecule has 19 heavy (non-hydrogen) atoms. The largest absolute Gasteiger partial charge is 0.313 e. The molecular formula is C14H26BrN3S. The van der Waals surface area contributed by atoms with E-state index < -0.39 is 0 Å². The molecule has 0 aromatic carbocycles. The Bertz CT molecular complexity index is 410. The fraction of sp³-hybridized carbons (Fsp3) is 0.786. The molecule has 1 unspecified atom stereocenters. The number of aryl methyl sites for hydroxylation is 2. The van der Waals surface area contributed by atoms with Crippen LogP contribution in [-0.2, 0) is 13.5 Å². The summed E-state index contributed by atoms with van der Waals surface area (Å²) < 4.78 is 3.46. The van der Waals surface area contributed by atoms with Gasteiger partial charge in [-0.15, -0.1) is 0 Å². The third kappa shape index (κ3) is 5.48. The molecule has 1 atom stereocenters. The second-order valence-electron chi connectivity index (χ2n) is 5.85. The molecule has 0 aliphatic carbocycles. The van der Waals surface area contributed by atoms with Crippen molar-refractivity contribution in [1.82, 2.24) is 15.1 Å². The van der Waals surface area contributed by atoms with Crippen molar-refractivity contribution in [3.63, 3.8) is 0 Å². The minimum Gasteiger partial charge on any atom is -0.313 e. The molecule has 1 aromatic rings. The quantitative estimate of drug-likeness (QED) is 0.853. The van der Waals surface area contributed by atoms with Crippen LogP contribution in [0.5, 0.6) is 0 Å². The van der Waals surface area contributed by atoms with Crippen LogP contribution < -0.4 is 5.32 Å². The van der Waals surface area contributed by atoms with Crippen LogP contribution in [0, 0.1) is 6.92 Å². The highest BCUT2D eigenvalue weighted by atomic mass is 79.9. The smallest absolute Gasteiger partial charge is 0.0738 e. The number of thioether (sulfide) groups is 1. The molecule has 1 rings (SSSR count). The molecule has 3 nitrogen and oxygen atoms in total. The normalized spacial score (nSPS) is 13.8. The summed E-state index contributed by atoms with van der Waals surface area (Å²) in [5.41, 5.74) is 2.34. The van der Waals surface area contributed by atoms with Crippen molar-refractivity contribution in [1.29, 1.82) is 0 Å². The van der Waals surface area contributed by atoms with Crippen LogP contribution in [0.2, 0.25) is 0 Å². The Morgan fingerprint density at radius 3 is 2.47 bits per heavy atom. The monoisotopic (exact) mass is 347 g/mol. The summed E-state index contributed by atoms with van der Waals surface area (Å²) >= 11 is 5.67. The predicted octanol–water partition coefficient (Wildman–Crippen LogP) is 3.54. The first kappa shape index (κ1) is 17.1. The summed E-state index contributed by atoms with van der Waals surface area (Å²) in [4.78, 5) is 0. The first-order valence-electron chi connectivity index (χ1n) is 6.80. The molecule has 0 aliphatic rings. The van der Waals surface area contributed by atoms with Crippen LogP contribution in [-0.4, -0.2) is 32.9 Å². The van der Waals surface area contributed by atoms with Gasteiger partial charge in [0.1, 0.15) is 0 Å². The van der Waals surface area contributed by atoms with Gasteiger partial charge in [0.05, 0.1) is 15.9 Å². The Hall–Kier alpha value is 0. The van der Waals surface area contributed by atoms with Crippen molar-refractivity contribution in [3.8, 4) is 0 Å². The molecule has 1 heterocycles. The molecule has 0 fully saturated rings. The van der Waals surface area contributed by atoms with Gasteiger partial charge in [0.15, 0.2) is 0 Å². The lowest BCUT2D eigenvalue weighted by atomic mass is 10.1. The maximum Gasteiger partial charge on any atom is 0.0738 e. The maximum absolute atomic E-state index is 4.47. The van der Waals surface area contributed by atoms with Gasteiger partial charge >= 0.3 is 0 Å². The number of nitrogens with one attached hydrogen (secondary N) is 1. The molecule has 0 amide bonds. The Labute approximate surface area is 130 Å². The van der Waals surface area contributed by atoms with Gasteiger partial charge in [-0.3, -0.25) is 4.68 Å². The Balaban J connectivity index is 2.72. The van der Waals surface area contributed by atoms with Crippen molar-refractivity contribution < 1.29 is 0 Å². The zero-order chi connectivity index (χ0) is 14.6. The molecule has 0 saturated carbocycles. The zero-order valence-electron chi connectivity index (χ0n) is 12.9. The van der Waals surface area contributed by atoms with Crippen LogP contribution in [0.4, 0.5) is 0 Å². The van der Waals surface area contributed by atoms with E-state index in [1.807, 2.05) is 30.4 Å². The first-order chi connectivity index (χ1) is 8.74. The van der Waals surface area contributed by atoms with Crippen LogP contribution in [0.15, 0.2) is 4.47 Å². The summed E-state index contributed by atoms with van der Waals surface area (Å²) in [7, 11) is 2.02. The summed E-state index contributed by atoms with van der Waals surface area (Å²) in [6, 6.07) is 0.486. The van der Waals surface area contributed by atoms with Crippen molar-refractivity contribution in [2.45, 2.75) is 51.8 Å². The first-order valence-corrected chi connectivity index (χ1v) is 8.57. The van der Waals surface area contributed by atoms with Gasteiger partial charge < -0.3 is 5.32 Å². The highest BCUT2D eigenvalue weighted by Crippen LogP contribution is 2.26. The predicted molar refractivity (Wildman–Crippen MR) is 89.0 cm³/mol. The lowest BCUT2D eigenvalue weighted by Gasteiger charge is -2.23. The number of hydrogen-bond acceptors (Lipinski definition) is 3. The molecule has 0 bridgehead atoms. The highest BCUT2D eigenvalue weighted by molar-refractivity contribution is 9.10. The van der Waals surface area contributed by atoms with Crippen molar-refractivity contribution in [2.24, 2.45) is 7.05 Å². The molecular weight excluding hydrogens is 322 g/mol. The fourth-order valence-corrected chi connectivity index (χ4v) is 3.40. The lowest BCUT2D eigenvalue weighted by molar-refractivity contribution is 0.546. The third-order valence-corrected chi connectivity index (χ3v) is 5.38. The van der Waals surface area contributed by atoms with E-state index in [-0.39, 0.29) is 0 Å². The Morgan fingerprint density at radius 1 is 1.42 bits per heavy atom. The molecule has 1 aromatic heterocycles. The zero-order valence-corrected chi connectivity index (χ0v) is 15.3. The van der Waals surface area contributed by atoms with E-state index in [1.54, 1.807) is 0 Å². The molecule has 0 spiro atoms. The van der Waals surface area contributed by atoms with E-state index in [9.17, 15) is 0 Å². The van der Waals surface area contributed by atoms with E-state index in [0.717, 1.165) is 28.9 Å². The number of nitrogens with zero attached hydrogens (tertiary/aromatic N) is 2. The molecule has 5 heteroatoms.